The Morgan fingerprint density at radius 3 is 2.77 bits per heavy atom. The molecule has 0 bridgehead atoms. The number of halogens is 3. The van der Waals surface area contributed by atoms with E-state index in [4.69, 9.17) is 4.74 Å². The molecule has 1 spiro atoms. The van der Waals surface area contributed by atoms with E-state index in [0.717, 1.165) is 16.5 Å². The van der Waals surface area contributed by atoms with E-state index in [1.807, 2.05) is 31.2 Å². The number of hydrogen-bond acceptors (Lipinski definition) is 5. The predicted octanol–water partition coefficient (Wildman–Crippen LogP) is 4.82. The molecule has 3 aliphatic rings. The highest BCUT2D eigenvalue weighted by Gasteiger charge is 2.54. The number of amides is 2. The normalized spacial score (nSPS) is 25.1. The topological polar surface area (TPSA) is 91.4 Å². The van der Waals surface area contributed by atoms with E-state index in [0.29, 0.717) is 55.6 Å². The number of ether oxygens (including phenoxy) is 1. The Labute approximate surface area is 223 Å². The maximum absolute atomic E-state index is 14.0. The summed E-state index contributed by atoms with van der Waals surface area (Å²) < 4.78 is 45.5. The zero-order valence-electron chi connectivity index (χ0n) is 21.6. The van der Waals surface area contributed by atoms with Gasteiger partial charge in [-0.3, -0.25) is 14.7 Å². The molecule has 11 heteroatoms. The van der Waals surface area contributed by atoms with Crippen LogP contribution in [0.2, 0.25) is 0 Å². The second-order valence-corrected chi connectivity index (χ2v) is 10.9. The van der Waals surface area contributed by atoms with Gasteiger partial charge in [0.2, 0.25) is 11.8 Å². The minimum Gasteiger partial charge on any atom is -0.489 e. The number of hydrogen-bond donors (Lipinski definition) is 1. The van der Waals surface area contributed by atoms with E-state index in [1.165, 1.54) is 9.80 Å². The average molecular weight is 542 g/mol. The first-order chi connectivity index (χ1) is 18.6. The van der Waals surface area contributed by atoms with Crippen molar-refractivity contribution >= 4 is 28.5 Å². The minimum atomic E-state index is -4.34. The fraction of sp³-hybridized carbons (Fsp3) is 0.500. The van der Waals surface area contributed by atoms with E-state index < -0.39 is 30.0 Å². The molecule has 0 radical (unpaired) electrons. The van der Waals surface area contributed by atoms with Gasteiger partial charge in [0.25, 0.3) is 0 Å². The van der Waals surface area contributed by atoms with Crippen LogP contribution in [0.15, 0.2) is 36.7 Å². The first-order valence-corrected chi connectivity index (χ1v) is 13.4. The molecule has 2 aliphatic heterocycles. The number of pyridine rings is 1. The van der Waals surface area contributed by atoms with Crippen LogP contribution in [-0.2, 0) is 15.0 Å². The standard InChI is InChI=1S/C28H30F3N5O3/c1-17-4-2-6-22-24(17)27(9-7-20(8-10-27)39-21-12-18-14-33-34-25(18)32-15-21)26(38)36(22)16-23(37)35-11-3-5-19(35)13-28(29,30)31/h2,4,6,12,14-15,19-20H,3,5,7-11,13,16H2,1H3,(H,32,33,34)/t19-,20?,27?/m1/s1. The summed E-state index contributed by atoms with van der Waals surface area (Å²) in [5.74, 6) is 0.0656. The van der Waals surface area contributed by atoms with Crippen molar-refractivity contribution in [1.82, 2.24) is 20.1 Å². The highest BCUT2D eigenvalue weighted by molar-refractivity contribution is 6.11. The fourth-order valence-electron chi connectivity index (χ4n) is 6.74. The van der Waals surface area contributed by atoms with E-state index >= 15 is 0 Å². The van der Waals surface area contributed by atoms with Crippen molar-refractivity contribution in [2.24, 2.45) is 0 Å². The van der Waals surface area contributed by atoms with Crippen molar-refractivity contribution in [3.63, 3.8) is 0 Å². The van der Waals surface area contributed by atoms with Gasteiger partial charge in [-0.05, 0) is 68.7 Å². The smallest absolute Gasteiger partial charge is 0.391 e. The number of alkyl halides is 3. The van der Waals surface area contributed by atoms with Crippen LogP contribution in [0.4, 0.5) is 18.9 Å². The number of aryl methyl sites for hydroxylation is 1. The van der Waals surface area contributed by atoms with Crippen LogP contribution in [-0.4, -0.2) is 63.3 Å². The maximum atomic E-state index is 14.0. The summed E-state index contributed by atoms with van der Waals surface area (Å²) >= 11 is 0. The number of likely N-dealkylation sites (tertiary alicyclic amines) is 1. The molecule has 6 rings (SSSR count). The Kier molecular flexibility index (Phi) is 6.27. The van der Waals surface area contributed by atoms with Crippen LogP contribution in [0.3, 0.4) is 0 Å². The average Bonchev–Trinajstić information content (AvgIpc) is 3.60. The number of carbonyl (C=O) groups is 2. The summed E-state index contributed by atoms with van der Waals surface area (Å²) in [6, 6.07) is 6.67. The summed E-state index contributed by atoms with van der Waals surface area (Å²) in [5, 5.41) is 7.65. The monoisotopic (exact) mass is 541 g/mol. The molecule has 8 nitrogen and oxygen atoms in total. The van der Waals surface area contributed by atoms with Crippen molar-refractivity contribution < 1.29 is 27.5 Å². The molecule has 2 aromatic heterocycles. The van der Waals surface area contributed by atoms with Crippen LogP contribution in [0.5, 0.6) is 5.75 Å². The number of anilines is 1. The molecule has 1 N–H and O–H groups in total. The number of benzene rings is 1. The van der Waals surface area contributed by atoms with E-state index in [2.05, 4.69) is 15.2 Å². The molecular weight excluding hydrogens is 511 g/mol. The Balaban J connectivity index is 1.20. The van der Waals surface area contributed by atoms with Gasteiger partial charge in [0.1, 0.15) is 12.3 Å². The Bertz CT molecular complexity index is 1410. The number of rotatable bonds is 5. The lowest BCUT2D eigenvalue weighted by molar-refractivity contribution is -0.151. The molecule has 1 aliphatic carbocycles. The number of aromatic nitrogens is 3. The van der Waals surface area contributed by atoms with Crippen molar-refractivity contribution in [3.05, 3.63) is 47.8 Å². The lowest BCUT2D eigenvalue weighted by Crippen LogP contribution is -2.49. The van der Waals surface area contributed by atoms with Crippen LogP contribution in [0, 0.1) is 6.92 Å². The molecule has 1 saturated heterocycles. The van der Waals surface area contributed by atoms with Gasteiger partial charge in [0.15, 0.2) is 5.65 Å². The van der Waals surface area contributed by atoms with E-state index in [1.54, 1.807) is 12.4 Å². The molecule has 3 aromatic rings. The van der Waals surface area contributed by atoms with Gasteiger partial charge in [0.05, 0.1) is 30.3 Å². The van der Waals surface area contributed by atoms with Gasteiger partial charge < -0.3 is 14.5 Å². The Hall–Kier alpha value is -3.63. The van der Waals surface area contributed by atoms with Crippen molar-refractivity contribution in [1.29, 1.82) is 0 Å². The van der Waals surface area contributed by atoms with Crippen LogP contribution in [0.1, 0.15) is 56.1 Å². The summed E-state index contributed by atoms with van der Waals surface area (Å²) in [7, 11) is 0. The molecule has 2 amide bonds. The minimum absolute atomic E-state index is 0.0922. The first-order valence-electron chi connectivity index (χ1n) is 13.4. The van der Waals surface area contributed by atoms with Crippen molar-refractivity contribution in [2.45, 2.75) is 75.6 Å². The molecule has 1 saturated carbocycles. The lowest BCUT2D eigenvalue weighted by Gasteiger charge is -2.37. The molecule has 39 heavy (non-hydrogen) atoms. The number of aromatic amines is 1. The molecule has 2 fully saturated rings. The van der Waals surface area contributed by atoms with Crippen LogP contribution in [0.25, 0.3) is 11.0 Å². The number of H-pyrrole nitrogens is 1. The highest BCUT2D eigenvalue weighted by Crippen LogP contribution is 2.51. The zero-order chi connectivity index (χ0) is 27.4. The zero-order valence-corrected chi connectivity index (χ0v) is 21.6. The summed E-state index contributed by atoms with van der Waals surface area (Å²) in [6.07, 6.45) is 1.15. The van der Waals surface area contributed by atoms with Crippen molar-refractivity contribution in [3.8, 4) is 5.75 Å². The third-order valence-corrected chi connectivity index (χ3v) is 8.49. The van der Waals surface area contributed by atoms with Gasteiger partial charge in [-0.15, -0.1) is 0 Å². The second-order valence-electron chi connectivity index (χ2n) is 10.9. The van der Waals surface area contributed by atoms with Crippen molar-refractivity contribution in [2.75, 3.05) is 18.0 Å². The predicted molar refractivity (Wildman–Crippen MR) is 137 cm³/mol. The largest absolute Gasteiger partial charge is 0.489 e. The number of nitrogens with zero attached hydrogens (tertiary/aromatic N) is 4. The summed E-state index contributed by atoms with van der Waals surface area (Å²) in [6.45, 7) is 2.00. The summed E-state index contributed by atoms with van der Waals surface area (Å²) in [4.78, 5) is 34.5. The number of nitrogens with one attached hydrogen (secondary N) is 1. The van der Waals surface area contributed by atoms with E-state index in [-0.39, 0.29) is 25.1 Å². The van der Waals surface area contributed by atoms with Gasteiger partial charge in [-0.2, -0.15) is 18.3 Å². The molecule has 1 atom stereocenters. The third-order valence-electron chi connectivity index (χ3n) is 8.49. The van der Waals surface area contributed by atoms with Gasteiger partial charge in [-0.25, -0.2) is 4.98 Å². The van der Waals surface area contributed by atoms with Gasteiger partial charge in [-0.1, -0.05) is 12.1 Å². The molecule has 1 aromatic carbocycles. The maximum Gasteiger partial charge on any atom is 0.391 e. The Morgan fingerprint density at radius 2 is 2.00 bits per heavy atom. The highest BCUT2D eigenvalue weighted by atomic mass is 19.4. The molecule has 4 heterocycles. The van der Waals surface area contributed by atoms with Gasteiger partial charge in [0, 0.05) is 23.7 Å². The van der Waals surface area contributed by atoms with Crippen LogP contribution >= 0.6 is 0 Å². The van der Waals surface area contributed by atoms with Gasteiger partial charge >= 0.3 is 6.18 Å². The SMILES string of the molecule is Cc1cccc2c1C1(CCC(Oc3cnc4[nH]ncc4c3)CC1)C(=O)N2CC(=O)N1CCC[C@@H]1CC(F)(F)F. The molecule has 0 unspecified atom stereocenters. The first kappa shape index (κ1) is 25.6. The third kappa shape index (κ3) is 4.61. The summed E-state index contributed by atoms with van der Waals surface area (Å²) in [5.41, 5.74) is 2.50. The quantitative estimate of drug-likeness (QED) is 0.501. The van der Waals surface area contributed by atoms with Crippen LogP contribution < -0.4 is 9.64 Å². The number of carbonyl (C=O) groups excluding carboxylic acids is 2. The lowest BCUT2D eigenvalue weighted by atomic mass is 9.68. The number of fused-ring (bicyclic) bond motifs is 3. The molecular formula is C28H30F3N5O3. The van der Waals surface area contributed by atoms with E-state index in [9.17, 15) is 22.8 Å². The molecule has 206 valence electrons. The second kappa shape index (κ2) is 9.53. The fourth-order valence-corrected chi connectivity index (χ4v) is 6.74. The Morgan fingerprint density at radius 1 is 1.21 bits per heavy atom.